The number of aryl methyl sites for hydroxylation is 1. The van der Waals surface area contributed by atoms with E-state index >= 15 is 0 Å². The topological polar surface area (TPSA) is 72.7 Å². The molecule has 29 heavy (non-hydrogen) atoms. The number of nitrogens with zero attached hydrogens (tertiary/aromatic N) is 2. The van der Waals surface area contributed by atoms with Crippen molar-refractivity contribution in [3.63, 3.8) is 0 Å². The van der Waals surface area contributed by atoms with Crippen LogP contribution in [0.3, 0.4) is 0 Å². The Morgan fingerprint density at radius 3 is 2.48 bits per heavy atom. The molecule has 0 saturated carbocycles. The van der Waals surface area contributed by atoms with Gasteiger partial charge in [0.25, 0.3) is 5.91 Å². The highest BCUT2D eigenvalue weighted by molar-refractivity contribution is 6.32. The van der Waals surface area contributed by atoms with Crippen molar-refractivity contribution in [2.24, 2.45) is 5.10 Å². The average molecular weight is 410 g/mol. The van der Waals surface area contributed by atoms with Gasteiger partial charge in [0.15, 0.2) is 0 Å². The van der Waals surface area contributed by atoms with Crippen molar-refractivity contribution in [3.8, 4) is 5.69 Å². The maximum atomic E-state index is 12.1. The maximum absolute atomic E-state index is 12.1. The van der Waals surface area contributed by atoms with E-state index in [9.17, 15) is 9.59 Å². The lowest BCUT2D eigenvalue weighted by Crippen LogP contribution is -2.17. The molecule has 1 aromatic heterocycles. The first-order chi connectivity index (χ1) is 13.9. The molecule has 0 unspecified atom stereocenters. The summed E-state index contributed by atoms with van der Waals surface area (Å²) in [6.07, 6.45) is 1.58. The molecule has 0 saturated heterocycles. The lowest BCUT2D eigenvalue weighted by molar-refractivity contribution is 0.0600. The molecule has 3 aromatic rings. The van der Waals surface area contributed by atoms with Crippen LogP contribution >= 0.6 is 11.6 Å². The fraction of sp³-hybridized carbons (Fsp3) is 0.136. The van der Waals surface area contributed by atoms with Crippen molar-refractivity contribution in [2.75, 3.05) is 7.11 Å². The molecule has 2 aromatic carbocycles. The van der Waals surface area contributed by atoms with Gasteiger partial charge in [0, 0.05) is 22.5 Å². The van der Waals surface area contributed by atoms with Crippen LogP contribution in [0, 0.1) is 13.8 Å². The number of methoxy groups -OCH3 is 1. The molecule has 1 N–H and O–H groups in total. The first kappa shape index (κ1) is 20.4. The summed E-state index contributed by atoms with van der Waals surface area (Å²) in [6, 6.07) is 15.7. The highest BCUT2D eigenvalue weighted by Gasteiger charge is 2.15. The third-order valence-electron chi connectivity index (χ3n) is 4.48. The second kappa shape index (κ2) is 8.75. The van der Waals surface area contributed by atoms with Crippen LogP contribution in [0.5, 0.6) is 0 Å². The van der Waals surface area contributed by atoms with Gasteiger partial charge in [-0.25, -0.2) is 10.2 Å². The van der Waals surface area contributed by atoms with Crippen LogP contribution in [0.1, 0.15) is 37.7 Å². The third kappa shape index (κ3) is 4.38. The summed E-state index contributed by atoms with van der Waals surface area (Å²) >= 11 is 6.38. The van der Waals surface area contributed by atoms with Crippen LogP contribution < -0.4 is 5.43 Å². The van der Waals surface area contributed by atoms with Gasteiger partial charge in [0.2, 0.25) is 0 Å². The summed E-state index contributed by atoms with van der Waals surface area (Å²) in [5.41, 5.74) is 6.71. The van der Waals surface area contributed by atoms with E-state index in [1.165, 1.54) is 7.11 Å². The molecule has 0 radical (unpaired) electrons. The van der Waals surface area contributed by atoms with Crippen LogP contribution in [0.15, 0.2) is 59.7 Å². The minimum atomic E-state index is -0.434. The molecule has 0 aliphatic carbocycles. The summed E-state index contributed by atoms with van der Waals surface area (Å²) in [4.78, 5) is 24.0. The fourth-order valence-corrected chi connectivity index (χ4v) is 3.23. The number of hydrogen-bond acceptors (Lipinski definition) is 4. The molecule has 6 nitrogen and oxygen atoms in total. The van der Waals surface area contributed by atoms with E-state index in [0.717, 1.165) is 17.0 Å². The molecular weight excluding hydrogens is 390 g/mol. The predicted molar refractivity (Wildman–Crippen MR) is 113 cm³/mol. The Labute approximate surface area is 173 Å². The maximum Gasteiger partial charge on any atom is 0.337 e. The summed E-state index contributed by atoms with van der Waals surface area (Å²) in [5, 5.41) is 4.56. The Bertz CT molecular complexity index is 1090. The number of carbonyl (C=O) groups is 2. The molecule has 0 bridgehead atoms. The number of hydrogen-bond donors (Lipinski definition) is 1. The van der Waals surface area contributed by atoms with Gasteiger partial charge >= 0.3 is 5.97 Å². The highest BCUT2D eigenvalue weighted by atomic mass is 35.5. The van der Waals surface area contributed by atoms with Crippen LogP contribution in [0.2, 0.25) is 5.02 Å². The Kier molecular flexibility index (Phi) is 6.14. The first-order valence-corrected chi connectivity index (χ1v) is 9.25. The van der Waals surface area contributed by atoms with Crippen LogP contribution in [-0.2, 0) is 4.74 Å². The van der Waals surface area contributed by atoms with Gasteiger partial charge in [-0.05, 0) is 50.2 Å². The lowest BCUT2D eigenvalue weighted by Gasteiger charge is -2.13. The number of halogens is 1. The quantitative estimate of drug-likeness (QED) is 0.388. The first-order valence-electron chi connectivity index (χ1n) is 8.88. The Hall–Kier alpha value is -3.38. The summed E-state index contributed by atoms with van der Waals surface area (Å²) in [7, 11) is 1.33. The van der Waals surface area contributed by atoms with Crippen LogP contribution in [0.4, 0.5) is 0 Å². The van der Waals surface area contributed by atoms with Crippen molar-refractivity contribution in [1.29, 1.82) is 0 Å². The molecule has 7 heteroatoms. The standard InChI is InChI=1S/C22H20ClN3O3/c1-14-11-18(13-24-25-21(27)16-7-5-4-6-8-16)15(2)26(14)20-12-17(22(28)29-3)9-10-19(20)23/h4-13H,1-3H3,(H,25,27)/b24-13+. The lowest BCUT2D eigenvalue weighted by atomic mass is 10.2. The van der Waals surface area contributed by atoms with E-state index in [0.29, 0.717) is 21.8 Å². The molecular formula is C22H20ClN3O3. The molecule has 0 fully saturated rings. The van der Waals surface area contributed by atoms with Gasteiger partial charge in [-0.2, -0.15) is 5.10 Å². The monoisotopic (exact) mass is 409 g/mol. The van der Waals surface area contributed by atoms with E-state index in [4.69, 9.17) is 16.3 Å². The molecule has 0 atom stereocenters. The summed E-state index contributed by atoms with van der Waals surface area (Å²) < 4.78 is 6.72. The van der Waals surface area contributed by atoms with Crippen molar-refractivity contribution in [1.82, 2.24) is 9.99 Å². The zero-order chi connectivity index (χ0) is 21.0. The van der Waals surface area contributed by atoms with Crippen molar-refractivity contribution < 1.29 is 14.3 Å². The van der Waals surface area contributed by atoms with Gasteiger partial charge in [-0.1, -0.05) is 29.8 Å². The number of carbonyl (C=O) groups excluding carboxylic acids is 2. The van der Waals surface area contributed by atoms with Gasteiger partial charge in [0.05, 0.1) is 29.6 Å². The largest absolute Gasteiger partial charge is 0.465 e. The minimum absolute atomic E-state index is 0.288. The van der Waals surface area contributed by atoms with Gasteiger partial charge < -0.3 is 9.30 Å². The Balaban J connectivity index is 1.88. The average Bonchev–Trinajstić information content (AvgIpc) is 3.01. The van der Waals surface area contributed by atoms with Crippen molar-refractivity contribution >= 4 is 29.7 Å². The number of ether oxygens (including phenoxy) is 1. The number of esters is 1. The van der Waals surface area contributed by atoms with Gasteiger partial charge in [-0.15, -0.1) is 0 Å². The van der Waals surface area contributed by atoms with E-state index in [1.54, 1.807) is 48.7 Å². The van der Waals surface area contributed by atoms with Crippen LogP contribution in [0.25, 0.3) is 5.69 Å². The van der Waals surface area contributed by atoms with Crippen molar-refractivity contribution in [2.45, 2.75) is 13.8 Å². The third-order valence-corrected chi connectivity index (χ3v) is 4.80. The zero-order valence-corrected chi connectivity index (χ0v) is 17.0. The second-order valence-corrected chi connectivity index (χ2v) is 6.79. The number of aromatic nitrogens is 1. The number of amides is 1. The normalized spacial score (nSPS) is 10.9. The van der Waals surface area contributed by atoms with Gasteiger partial charge in [0.1, 0.15) is 0 Å². The fourth-order valence-electron chi connectivity index (χ4n) is 3.03. The Morgan fingerprint density at radius 1 is 1.07 bits per heavy atom. The number of benzene rings is 2. The van der Waals surface area contributed by atoms with E-state index in [1.807, 2.05) is 30.5 Å². The Morgan fingerprint density at radius 2 is 1.79 bits per heavy atom. The van der Waals surface area contributed by atoms with E-state index in [-0.39, 0.29) is 5.91 Å². The predicted octanol–water partition coefficient (Wildman–Crippen LogP) is 4.30. The SMILES string of the molecule is COC(=O)c1ccc(Cl)c(-n2c(C)cc(/C=N/NC(=O)c3ccccc3)c2C)c1. The zero-order valence-electron chi connectivity index (χ0n) is 16.3. The highest BCUT2D eigenvalue weighted by Crippen LogP contribution is 2.27. The van der Waals surface area contributed by atoms with Gasteiger partial charge in [-0.3, -0.25) is 4.79 Å². The molecule has 0 aliphatic rings. The molecule has 148 valence electrons. The molecule has 1 amide bonds. The minimum Gasteiger partial charge on any atom is -0.465 e. The summed E-state index contributed by atoms with van der Waals surface area (Å²) in [5.74, 6) is -0.722. The smallest absolute Gasteiger partial charge is 0.337 e. The molecule has 0 spiro atoms. The number of rotatable bonds is 5. The molecule has 0 aliphatic heterocycles. The van der Waals surface area contributed by atoms with E-state index in [2.05, 4.69) is 10.5 Å². The number of hydrazone groups is 1. The van der Waals surface area contributed by atoms with Crippen LogP contribution in [-0.4, -0.2) is 29.8 Å². The number of nitrogens with one attached hydrogen (secondary N) is 1. The second-order valence-electron chi connectivity index (χ2n) is 6.38. The van der Waals surface area contributed by atoms with Crippen molar-refractivity contribution in [3.05, 3.63) is 87.7 Å². The van der Waals surface area contributed by atoms with E-state index < -0.39 is 5.97 Å². The molecule has 1 heterocycles. The summed E-state index contributed by atoms with van der Waals surface area (Å²) in [6.45, 7) is 3.84. The molecule has 3 rings (SSSR count).